The van der Waals surface area contributed by atoms with Crippen LogP contribution in [0.2, 0.25) is 0 Å². The highest BCUT2D eigenvalue weighted by atomic mass is 16.5. The van der Waals surface area contributed by atoms with Gasteiger partial charge in [-0.3, -0.25) is 0 Å². The van der Waals surface area contributed by atoms with Crippen molar-refractivity contribution in [1.29, 1.82) is 0 Å². The summed E-state index contributed by atoms with van der Waals surface area (Å²) in [5, 5.41) is 26.4. The van der Waals surface area contributed by atoms with Crippen molar-refractivity contribution in [2.75, 3.05) is 13.2 Å². The van der Waals surface area contributed by atoms with Gasteiger partial charge in [0.25, 0.3) is 0 Å². The molecule has 0 saturated heterocycles. The van der Waals surface area contributed by atoms with E-state index in [1.54, 1.807) is 0 Å². The largest absolute Gasteiger partial charge is 0.493 e. The van der Waals surface area contributed by atoms with Crippen molar-refractivity contribution in [3.05, 3.63) is 144 Å². The lowest BCUT2D eigenvalue weighted by molar-refractivity contribution is 0.0679. The molecule has 0 saturated carbocycles. The third kappa shape index (κ3) is 6.09. The predicted octanol–water partition coefficient (Wildman–Crippen LogP) is 10.0. The van der Waals surface area contributed by atoms with Gasteiger partial charge in [-0.15, -0.1) is 0 Å². The number of aromatic nitrogens is 2. The van der Waals surface area contributed by atoms with Crippen molar-refractivity contribution >= 4 is 55.3 Å². The Morgan fingerprint density at radius 1 is 0.481 bits per heavy atom. The van der Waals surface area contributed by atoms with Gasteiger partial charge in [0, 0.05) is 32.7 Å². The monoisotopic (exact) mass is 688 g/mol. The number of carboxylic acids is 2. The van der Waals surface area contributed by atoms with Gasteiger partial charge in [-0.05, 0) is 59.7 Å². The van der Waals surface area contributed by atoms with Gasteiger partial charge in [0.2, 0.25) is 0 Å². The molecule has 0 fully saturated rings. The third-order valence-electron chi connectivity index (χ3n) is 9.76. The standard InChI is InChI=1S/C44H36N2O6/c47-43(48)41-35(21-9-25-51-37-23-5-13-27-11-1-3-15-29(27)37)33-19-7-17-31(39(33)45-41)32-18-8-20-34-36(42(44(49)50)46-40(32)34)22-10-26-52-38-24-6-14-28-12-2-4-16-30(28)38/h1-8,11-20,23-24,45-46H,9-10,21-22,25-26H2,(H,47,48)(H,49,50). The maximum absolute atomic E-state index is 12.5. The zero-order valence-electron chi connectivity index (χ0n) is 28.3. The molecule has 258 valence electrons. The zero-order chi connectivity index (χ0) is 35.6. The van der Waals surface area contributed by atoms with E-state index < -0.39 is 11.9 Å². The summed E-state index contributed by atoms with van der Waals surface area (Å²) < 4.78 is 12.3. The highest BCUT2D eigenvalue weighted by molar-refractivity contribution is 6.09. The lowest BCUT2D eigenvalue weighted by Crippen LogP contribution is -2.04. The summed E-state index contributed by atoms with van der Waals surface area (Å²) in [6, 6.07) is 39.6. The molecule has 8 rings (SSSR count). The van der Waals surface area contributed by atoms with Crippen LogP contribution in [0.3, 0.4) is 0 Å². The molecule has 0 aliphatic carbocycles. The molecule has 2 aromatic heterocycles. The molecule has 0 radical (unpaired) electrons. The van der Waals surface area contributed by atoms with E-state index in [-0.39, 0.29) is 11.4 Å². The molecule has 8 aromatic rings. The summed E-state index contributed by atoms with van der Waals surface area (Å²) in [5.41, 5.74) is 4.66. The van der Waals surface area contributed by atoms with Gasteiger partial charge in [-0.2, -0.15) is 0 Å². The van der Waals surface area contributed by atoms with Gasteiger partial charge < -0.3 is 29.7 Å². The normalized spacial score (nSPS) is 11.5. The van der Waals surface area contributed by atoms with E-state index in [2.05, 4.69) is 9.97 Å². The fourth-order valence-electron chi connectivity index (χ4n) is 7.39. The molecular weight excluding hydrogens is 652 g/mol. The smallest absolute Gasteiger partial charge is 0.352 e. The first-order valence-electron chi connectivity index (χ1n) is 17.4. The van der Waals surface area contributed by atoms with Crippen LogP contribution >= 0.6 is 0 Å². The van der Waals surface area contributed by atoms with Gasteiger partial charge in [0.15, 0.2) is 0 Å². The molecule has 0 bridgehead atoms. The number of fused-ring (bicyclic) bond motifs is 4. The number of carboxylic acid groups (broad SMARTS) is 2. The summed E-state index contributed by atoms with van der Waals surface area (Å²) >= 11 is 0. The Morgan fingerprint density at radius 3 is 1.31 bits per heavy atom. The highest BCUT2D eigenvalue weighted by Gasteiger charge is 2.23. The Kier molecular flexibility index (Phi) is 8.79. The second-order valence-corrected chi connectivity index (χ2v) is 12.9. The Labute approximate surface area is 299 Å². The molecule has 8 nitrogen and oxygen atoms in total. The number of H-pyrrole nitrogens is 2. The highest BCUT2D eigenvalue weighted by Crippen LogP contribution is 2.38. The van der Waals surface area contributed by atoms with E-state index in [4.69, 9.17) is 9.47 Å². The molecule has 8 heteroatoms. The first-order valence-corrected chi connectivity index (χ1v) is 17.4. The molecule has 0 aliphatic rings. The van der Waals surface area contributed by atoms with Crippen molar-refractivity contribution in [2.45, 2.75) is 25.7 Å². The maximum atomic E-state index is 12.5. The molecule has 0 aliphatic heterocycles. The minimum absolute atomic E-state index is 0.143. The number of ether oxygens (including phenoxy) is 2. The van der Waals surface area contributed by atoms with Gasteiger partial charge in [-0.25, -0.2) is 9.59 Å². The van der Waals surface area contributed by atoms with Crippen molar-refractivity contribution < 1.29 is 29.3 Å². The van der Waals surface area contributed by atoms with E-state index in [1.807, 2.05) is 121 Å². The molecule has 52 heavy (non-hydrogen) atoms. The predicted molar refractivity (Wildman–Crippen MR) is 205 cm³/mol. The quantitative estimate of drug-likeness (QED) is 0.0894. The van der Waals surface area contributed by atoms with Gasteiger partial charge in [0.1, 0.15) is 22.9 Å². The van der Waals surface area contributed by atoms with Crippen LogP contribution < -0.4 is 9.47 Å². The minimum atomic E-state index is -1.04. The molecule has 0 amide bonds. The lowest BCUT2D eigenvalue weighted by atomic mass is 9.97. The minimum Gasteiger partial charge on any atom is -0.493 e. The van der Waals surface area contributed by atoms with E-state index in [0.717, 1.165) is 54.9 Å². The number of aromatic amines is 2. The number of hydrogen-bond acceptors (Lipinski definition) is 4. The number of rotatable bonds is 13. The number of aryl methyl sites for hydroxylation is 2. The van der Waals surface area contributed by atoms with Gasteiger partial charge in [-0.1, -0.05) is 109 Å². The van der Waals surface area contributed by atoms with E-state index in [9.17, 15) is 19.8 Å². The number of aromatic carboxylic acids is 2. The van der Waals surface area contributed by atoms with Gasteiger partial charge in [0.05, 0.1) is 24.2 Å². The number of hydrogen-bond donors (Lipinski definition) is 4. The summed E-state index contributed by atoms with van der Waals surface area (Å²) in [6.45, 7) is 0.851. The van der Waals surface area contributed by atoms with Crippen LogP contribution in [-0.4, -0.2) is 45.3 Å². The fraction of sp³-hybridized carbons (Fsp3) is 0.136. The fourth-order valence-corrected chi connectivity index (χ4v) is 7.39. The number of carbonyl (C=O) groups is 2. The lowest BCUT2D eigenvalue weighted by Gasteiger charge is -2.10. The van der Waals surface area contributed by atoms with Crippen molar-refractivity contribution in [1.82, 2.24) is 9.97 Å². The van der Waals surface area contributed by atoms with E-state index in [1.165, 1.54) is 0 Å². The molecule has 0 spiro atoms. The summed E-state index contributed by atoms with van der Waals surface area (Å²) in [5.74, 6) is -0.471. The van der Waals surface area contributed by atoms with Crippen LogP contribution in [0.4, 0.5) is 0 Å². The number of nitrogens with one attached hydrogen (secondary N) is 2. The average molecular weight is 689 g/mol. The second kappa shape index (κ2) is 14.0. The zero-order valence-corrected chi connectivity index (χ0v) is 28.3. The first kappa shape index (κ1) is 32.7. The average Bonchev–Trinajstić information content (AvgIpc) is 3.74. The van der Waals surface area contributed by atoms with E-state index >= 15 is 0 Å². The van der Waals surface area contributed by atoms with Crippen LogP contribution in [0.15, 0.2) is 121 Å². The molecule has 2 heterocycles. The van der Waals surface area contributed by atoms with Crippen LogP contribution in [-0.2, 0) is 12.8 Å². The first-order chi connectivity index (χ1) is 25.5. The summed E-state index contributed by atoms with van der Waals surface area (Å²) in [6.07, 6.45) is 2.22. The van der Waals surface area contributed by atoms with Gasteiger partial charge >= 0.3 is 11.9 Å². The SMILES string of the molecule is O=C(O)c1[nH]c2c(-c3cccc4c(CCCOc5cccc6ccccc56)c(C(=O)O)[nH]c34)cccc2c1CCCOc1cccc2ccccc12. The Balaban J connectivity index is 1.06. The van der Waals surface area contributed by atoms with Crippen LogP contribution in [0.5, 0.6) is 11.5 Å². The Hall–Kier alpha value is -6.54. The second-order valence-electron chi connectivity index (χ2n) is 12.9. The van der Waals surface area contributed by atoms with Crippen molar-refractivity contribution in [3.63, 3.8) is 0 Å². The maximum Gasteiger partial charge on any atom is 0.352 e. The topological polar surface area (TPSA) is 125 Å². The summed E-state index contributed by atoms with van der Waals surface area (Å²) in [4.78, 5) is 31.4. The number of benzene rings is 6. The van der Waals surface area contributed by atoms with Crippen molar-refractivity contribution in [3.8, 4) is 22.6 Å². The van der Waals surface area contributed by atoms with E-state index in [0.29, 0.717) is 61.1 Å². The Morgan fingerprint density at radius 2 is 0.865 bits per heavy atom. The molecule has 0 unspecified atom stereocenters. The van der Waals surface area contributed by atoms with Crippen LogP contribution in [0.1, 0.15) is 44.9 Å². The number of para-hydroxylation sites is 2. The Bertz CT molecular complexity index is 2420. The summed E-state index contributed by atoms with van der Waals surface area (Å²) in [7, 11) is 0. The molecule has 0 atom stereocenters. The molecular formula is C44H36N2O6. The molecule has 6 aromatic carbocycles. The van der Waals surface area contributed by atoms with Crippen LogP contribution in [0, 0.1) is 0 Å². The van der Waals surface area contributed by atoms with Crippen LogP contribution in [0.25, 0.3) is 54.5 Å². The third-order valence-corrected chi connectivity index (χ3v) is 9.76. The van der Waals surface area contributed by atoms with Crippen molar-refractivity contribution in [2.24, 2.45) is 0 Å². The molecule has 4 N–H and O–H groups in total.